The van der Waals surface area contributed by atoms with Crippen LogP contribution in [0.15, 0.2) is 25.8 Å². The molecule has 0 fully saturated rings. The number of thiophene rings is 1. The number of nitrogens with one attached hydrogen (secondary N) is 1. The van der Waals surface area contributed by atoms with Crippen LogP contribution in [0.1, 0.15) is 5.89 Å². The zero-order valence-corrected chi connectivity index (χ0v) is 9.98. The van der Waals surface area contributed by atoms with Gasteiger partial charge in [-0.3, -0.25) is 0 Å². The molecule has 3 nitrogen and oxygen atoms in total. The minimum absolute atomic E-state index is 0.658. The number of nitrogens with zero attached hydrogens (tertiary/aromatic N) is 1. The van der Waals surface area contributed by atoms with Crippen molar-refractivity contribution in [3.63, 3.8) is 0 Å². The van der Waals surface area contributed by atoms with E-state index in [1.807, 2.05) is 18.5 Å². The number of rotatable bonds is 3. The Labute approximate surface area is 94.3 Å². The molecule has 74 valence electrons. The summed E-state index contributed by atoms with van der Waals surface area (Å²) in [6.45, 7) is 0.658. The Morgan fingerprint density at radius 1 is 1.64 bits per heavy atom. The van der Waals surface area contributed by atoms with E-state index < -0.39 is 0 Å². The summed E-state index contributed by atoms with van der Waals surface area (Å²) in [5, 5.41) is 5.03. The first-order chi connectivity index (χ1) is 6.79. The Morgan fingerprint density at radius 2 is 2.50 bits per heavy atom. The Hall–Kier alpha value is -0.650. The van der Waals surface area contributed by atoms with Crippen molar-refractivity contribution in [1.29, 1.82) is 0 Å². The van der Waals surface area contributed by atoms with E-state index in [2.05, 4.69) is 26.2 Å². The topological polar surface area (TPSA) is 38.1 Å². The Morgan fingerprint density at radius 3 is 3.14 bits per heavy atom. The fourth-order valence-corrected chi connectivity index (χ4v) is 2.26. The summed E-state index contributed by atoms with van der Waals surface area (Å²) in [6, 6.07) is 2.02. The molecule has 0 unspecified atom stereocenters. The van der Waals surface area contributed by atoms with Crippen molar-refractivity contribution in [2.24, 2.45) is 0 Å². The first kappa shape index (κ1) is 9.89. The maximum atomic E-state index is 5.54. The molecule has 2 aromatic heterocycles. The van der Waals surface area contributed by atoms with Crippen LogP contribution in [-0.2, 0) is 6.54 Å². The van der Waals surface area contributed by atoms with Crippen molar-refractivity contribution in [3.05, 3.63) is 27.3 Å². The van der Waals surface area contributed by atoms with Gasteiger partial charge >= 0.3 is 0 Å². The number of hydrogen-bond acceptors (Lipinski definition) is 4. The maximum absolute atomic E-state index is 5.54. The van der Waals surface area contributed by atoms with Crippen molar-refractivity contribution >= 4 is 27.3 Å². The van der Waals surface area contributed by atoms with Crippen LogP contribution in [0.4, 0.5) is 0 Å². The Kier molecular flexibility index (Phi) is 3.00. The predicted molar refractivity (Wildman–Crippen MR) is 60.3 cm³/mol. The monoisotopic (exact) mass is 272 g/mol. The molecule has 2 aromatic rings. The van der Waals surface area contributed by atoms with Gasteiger partial charge in [-0.1, -0.05) is 0 Å². The standard InChI is InChI=1S/C9H9BrN2OS/c1-11-4-9-12-3-7(13-9)6-2-8(10)14-5-6/h2-3,5,11H,4H2,1H3. The fraction of sp³-hybridized carbons (Fsp3) is 0.222. The molecule has 5 heteroatoms. The molecule has 2 heterocycles. The zero-order valence-electron chi connectivity index (χ0n) is 7.58. The highest BCUT2D eigenvalue weighted by Crippen LogP contribution is 2.29. The van der Waals surface area contributed by atoms with E-state index in [-0.39, 0.29) is 0 Å². The summed E-state index contributed by atoms with van der Waals surface area (Å²) in [6.07, 6.45) is 1.75. The lowest BCUT2D eigenvalue weighted by atomic mass is 10.3. The molecule has 0 bridgehead atoms. The van der Waals surface area contributed by atoms with Crippen LogP contribution in [0.3, 0.4) is 0 Å². The second kappa shape index (κ2) is 4.25. The molecule has 14 heavy (non-hydrogen) atoms. The minimum Gasteiger partial charge on any atom is -0.439 e. The average molecular weight is 273 g/mol. The quantitative estimate of drug-likeness (QED) is 0.934. The number of halogens is 1. The summed E-state index contributed by atoms with van der Waals surface area (Å²) in [7, 11) is 1.87. The van der Waals surface area contributed by atoms with Crippen LogP contribution >= 0.6 is 27.3 Å². The van der Waals surface area contributed by atoms with E-state index in [1.165, 1.54) is 0 Å². The molecular weight excluding hydrogens is 264 g/mol. The molecule has 2 rings (SSSR count). The molecule has 0 aromatic carbocycles. The first-order valence-corrected chi connectivity index (χ1v) is 5.80. The average Bonchev–Trinajstić information content (AvgIpc) is 2.74. The van der Waals surface area contributed by atoms with Crippen LogP contribution < -0.4 is 5.32 Å². The van der Waals surface area contributed by atoms with Crippen LogP contribution in [0.25, 0.3) is 11.3 Å². The molecule has 0 saturated heterocycles. The van der Waals surface area contributed by atoms with Gasteiger partial charge < -0.3 is 9.73 Å². The predicted octanol–water partition coefficient (Wildman–Crippen LogP) is 2.89. The van der Waals surface area contributed by atoms with E-state index in [0.717, 1.165) is 15.1 Å². The maximum Gasteiger partial charge on any atom is 0.208 e. The van der Waals surface area contributed by atoms with Gasteiger partial charge in [0.15, 0.2) is 5.76 Å². The van der Waals surface area contributed by atoms with E-state index in [0.29, 0.717) is 12.4 Å². The largest absolute Gasteiger partial charge is 0.439 e. The molecule has 0 aliphatic rings. The highest BCUT2D eigenvalue weighted by Gasteiger charge is 2.07. The first-order valence-electron chi connectivity index (χ1n) is 4.13. The lowest BCUT2D eigenvalue weighted by Crippen LogP contribution is -2.04. The highest BCUT2D eigenvalue weighted by molar-refractivity contribution is 9.11. The van der Waals surface area contributed by atoms with Crippen LogP contribution in [0, 0.1) is 0 Å². The van der Waals surface area contributed by atoms with E-state index >= 15 is 0 Å². The van der Waals surface area contributed by atoms with Gasteiger partial charge in [0.1, 0.15) is 0 Å². The summed E-state index contributed by atoms with van der Waals surface area (Å²) in [5.74, 6) is 1.53. The molecule has 0 spiro atoms. The molecule has 0 aliphatic carbocycles. The number of oxazole rings is 1. The summed E-state index contributed by atoms with van der Waals surface area (Å²) in [4.78, 5) is 4.15. The third-order valence-corrected chi connectivity index (χ3v) is 3.24. The van der Waals surface area contributed by atoms with Gasteiger partial charge in [-0.15, -0.1) is 11.3 Å². The van der Waals surface area contributed by atoms with Gasteiger partial charge in [-0.2, -0.15) is 0 Å². The third kappa shape index (κ3) is 2.05. The third-order valence-electron chi connectivity index (χ3n) is 1.73. The van der Waals surface area contributed by atoms with Crippen molar-refractivity contribution in [3.8, 4) is 11.3 Å². The Balaban J connectivity index is 2.24. The van der Waals surface area contributed by atoms with Crippen molar-refractivity contribution in [2.45, 2.75) is 6.54 Å². The van der Waals surface area contributed by atoms with E-state index in [9.17, 15) is 0 Å². The summed E-state index contributed by atoms with van der Waals surface area (Å²) >= 11 is 5.05. The van der Waals surface area contributed by atoms with Gasteiger partial charge in [0.05, 0.1) is 16.5 Å². The van der Waals surface area contributed by atoms with Gasteiger partial charge in [0.25, 0.3) is 0 Å². The van der Waals surface area contributed by atoms with Gasteiger partial charge in [0.2, 0.25) is 5.89 Å². The fourth-order valence-electron chi connectivity index (χ4n) is 1.12. The number of aromatic nitrogens is 1. The van der Waals surface area contributed by atoms with Crippen LogP contribution in [0.5, 0.6) is 0 Å². The van der Waals surface area contributed by atoms with Crippen LogP contribution in [0.2, 0.25) is 0 Å². The van der Waals surface area contributed by atoms with Crippen LogP contribution in [-0.4, -0.2) is 12.0 Å². The second-order valence-corrected chi connectivity index (χ2v) is 5.08. The SMILES string of the molecule is CNCc1ncc(-c2csc(Br)c2)o1. The highest BCUT2D eigenvalue weighted by atomic mass is 79.9. The molecule has 0 aliphatic heterocycles. The lowest BCUT2D eigenvalue weighted by molar-refractivity contribution is 0.491. The zero-order chi connectivity index (χ0) is 9.97. The van der Waals surface area contributed by atoms with Gasteiger partial charge in [-0.25, -0.2) is 4.98 Å². The van der Waals surface area contributed by atoms with Gasteiger partial charge in [0, 0.05) is 10.9 Å². The smallest absolute Gasteiger partial charge is 0.208 e. The second-order valence-electron chi connectivity index (χ2n) is 2.79. The molecule has 1 N–H and O–H groups in total. The molecule has 0 atom stereocenters. The molecular formula is C9H9BrN2OS. The molecule has 0 amide bonds. The van der Waals surface area contributed by atoms with Crippen molar-refractivity contribution in [1.82, 2.24) is 10.3 Å². The summed E-state index contributed by atoms with van der Waals surface area (Å²) < 4.78 is 6.63. The van der Waals surface area contributed by atoms with Crippen molar-refractivity contribution in [2.75, 3.05) is 7.05 Å². The Bertz CT molecular complexity index is 424. The molecule has 0 radical (unpaired) electrons. The minimum atomic E-state index is 0.658. The van der Waals surface area contributed by atoms with Crippen molar-refractivity contribution < 1.29 is 4.42 Å². The number of hydrogen-bond donors (Lipinski definition) is 1. The van der Waals surface area contributed by atoms with Gasteiger partial charge in [-0.05, 0) is 29.0 Å². The summed E-state index contributed by atoms with van der Waals surface area (Å²) in [5.41, 5.74) is 1.07. The molecule has 0 saturated carbocycles. The van der Waals surface area contributed by atoms with E-state index in [4.69, 9.17) is 4.42 Å². The normalized spacial score (nSPS) is 10.7. The lowest BCUT2D eigenvalue weighted by Gasteiger charge is -1.91. The van der Waals surface area contributed by atoms with E-state index in [1.54, 1.807) is 17.5 Å².